The molecule has 0 amide bonds. The molecule has 1 aliphatic heterocycles. The third-order valence-corrected chi connectivity index (χ3v) is 6.14. The Morgan fingerprint density at radius 1 is 1.31 bits per heavy atom. The number of nitrogens with zero attached hydrogens (tertiary/aromatic N) is 3. The zero-order chi connectivity index (χ0) is 17.4. The number of piperidine rings is 1. The van der Waals surface area contributed by atoms with Crippen molar-refractivity contribution in [1.29, 1.82) is 0 Å². The van der Waals surface area contributed by atoms with Gasteiger partial charge in [-0.2, -0.15) is 0 Å². The smallest absolute Gasteiger partial charge is 0.123 e. The van der Waals surface area contributed by atoms with E-state index in [4.69, 9.17) is 0 Å². The molecular formula is C20H28ClFN4. The second-order valence-electron chi connectivity index (χ2n) is 7.76. The Kier molecular flexibility index (Phi) is 5.70. The van der Waals surface area contributed by atoms with Crippen molar-refractivity contribution in [2.45, 2.75) is 45.3 Å². The Labute approximate surface area is 161 Å². The van der Waals surface area contributed by atoms with Crippen molar-refractivity contribution in [2.24, 2.45) is 12.5 Å². The average Bonchev–Trinajstić information content (AvgIpc) is 3.13. The van der Waals surface area contributed by atoms with Crippen LogP contribution in [-0.2, 0) is 20.1 Å². The van der Waals surface area contributed by atoms with Crippen molar-refractivity contribution in [2.75, 3.05) is 13.1 Å². The topological polar surface area (TPSA) is 33.1 Å². The highest BCUT2D eigenvalue weighted by Crippen LogP contribution is 2.56. The second-order valence-corrected chi connectivity index (χ2v) is 7.76. The highest BCUT2D eigenvalue weighted by molar-refractivity contribution is 5.85. The molecule has 1 aromatic heterocycles. The van der Waals surface area contributed by atoms with Gasteiger partial charge in [-0.05, 0) is 68.0 Å². The summed E-state index contributed by atoms with van der Waals surface area (Å²) in [4.78, 5) is 7.04. The van der Waals surface area contributed by atoms with Crippen LogP contribution in [0.3, 0.4) is 0 Å². The Morgan fingerprint density at radius 3 is 2.77 bits per heavy atom. The summed E-state index contributed by atoms with van der Waals surface area (Å²) < 4.78 is 15.8. The molecule has 4 rings (SSSR count). The number of aromatic nitrogens is 2. The first-order valence-corrected chi connectivity index (χ1v) is 9.23. The van der Waals surface area contributed by atoms with Gasteiger partial charge in [0.05, 0.1) is 6.54 Å². The van der Waals surface area contributed by atoms with E-state index < -0.39 is 0 Å². The number of halogens is 2. The molecule has 0 bridgehead atoms. The van der Waals surface area contributed by atoms with Crippen molar-refractivity contribution >= 4 is 12.4 Å². The molecule has 142 valence electrons. The fourth-order valence-corrected chi connectivity index (χ4v) is 4.34. The molecule has 1 aromatic carbocycles. The van der Waals surface area contributed by atoms with Gasteiger partial charge in [0, 0.05) is 32.0 Å². The minimum atomic E-state index is -0.148. The van der Waals surface area contributed by atoms with Crippen molar-refractivity contribution < 1.29 is 4.39 Å². The maximum Gasteiger partial charge on any atom is 0.123 e. The van der Waals surface area contributed by atoms with Crippen LogP contribution in [0.25, 0.3) is 0 Å². The van der Waals surface area contributed by atoms with Crippen LogP contribution in [0.15, 0.2) is 30.6 Å². The highest BCUT2D eigenvalue weighted by atomic mass is 35.5. The van der Waals surface area contributed by atoms with Crippen LogP contribution in [0.5, 0.6) is 0 Å². The molecule has 1 atom stereocenters. The molecule has 1 aliphatic carbocycles. The highest BCUT2D eigenvalue weighted by Gasteiger charge is 2.56. The van der Waals surface area contributed by atoms with E-state index in [-0.39, 0.29) is 18.2 Å². The molecule has 2 fully saturated rings. The molecule has 4 nitrogen and oxygen atoms in total. The average molecular weight is 379 g/mol. The van der Waals surface area contributed by atoms with Crippen molar-refractivity contribution in [3.8, 4) is 0 Å². The molecule has 6 heteroatoms. The summed E-state index contributed by atoms with van der Waals surface area (Å²) in [7, 11) is 2.04. The summed E-state index contributed by atoms with van der Waals surface area (Å²) in [5.74, 6) is 0.926. The fraction of sp³-hybridized carbons (Fsp3) is 0.550. The van der Waals surface area contributed by atoms with Crippen LogP contribution in [0.4, 0.5) is 4.39 Å². The summed E-state index contributed by atoms with van der Waals surface area (Å²) in [6, 6.07) is 5.71. The lowest BCUT2D eigenvalue weighted by molar-refractivity contribution is 0.182. The summed E-state index contributed by atoms with van der Waals surface area (Å²) in [5.41, 5.74) is 2.70. The van der Waals surface area contributed by atoms with E-state index in [2.05, 4.69) is 26.7 Å². The number of aryl methyl sites for hydroxylation is 2. The number of rotatable bonds is 5. The number of nitrogens with one attached hydrogen (secondary N) is 1. The number of benzene rings is 1. The molecule has 1 saturated carbocycles. The van der Waals surface area contributed by atoms with Crippen LogP contribution in [0.2, 0.25) is 0 Å². The minimum absolute atomic E-state index is 0. The molecule has 1 saturated heterocycles. The molecule has 2 heterocycles. The van der Waals surface area contributed by atoms with Crippen molar-refractivity contribution in [3.63, 3.8) is 0 Å². The van der Waals surface area contributed by atoms with Gasteiger partial charge in [-0.3, -0.25) is 4.90 Å². The molecular weight excluding hydrogens is 351 g/mol. The van der Waals surface area contributed by atoms with E-state index in [1.165, 1.54) is 19.3 Å². The Hall–Kier alpha value is -1.43. The molecule has 2 aliphatic rings. The predicted octanol–water partition coefficient (Wildman–Crippen LogP) is 3.43. The maximum absolute atomic E-state index is 13.8. The monoisotopic (exact) mass is 378 g/mol. The quantitative estimate of drug-likeness (QED) is 0.865. The lowest BCUT2D eigenvalue weighted by Crippen LogP contribution is -2.36. The SMILES string of the molecule is Cc1ccc(F)cc1CN(Cc1nccn1C)C1CC12CCNCC2.Cl. The van der Waals surface area contributed by atoms with Gasteiger partial charge in [0.2, 0.25) is 0 Å². The Balaban J connectivity index is 0.00000196. The largest absolute Gasteiger partial charge is 0.337 e. The molecule has 26 heavy (non-hydrogen) atoms. The van der Waals surface area contributed by atoms with Crippen molar-refractivity contribution in [1.82, 2.24) is 19.8 Å². The molecule has 0 radical (unpaired) electrons. The van der Waals surface area contributed by atoms with Gasteiger partial charge in [0.25, 0.3) is 0 Å². The van der Waals surface area contributed by atoms with Gasteiger partial charge in [0.15, 0.2) is 0 Å². The lowest BCUT2D eigenvalue weighted by Gasteiger charge is -2.30. The van der Waals surface area contributed by atoms with E-state index in [9.17, 15) is 4.39 Å². The van der Waals surface area contributed by atoms with E-state index in [0.717, 1.165) is 43.1 Å². The van der Waals surface area contributed by atoms with Crippen LogP contribution in [0, 0.1) is 18.2 Å². The van der Waals surface area contributed by atoms with Crippen LogP contribution < -0.4 is 5.32 Å². The predicted molar refractivity (Wildman–Crippen MR) is 104 cm³/mol. The Bertz CT molecular complexity index is 754. The number of hydrogen-bond donors (Lipinski definition) is 1. The Morgan fingerprint density at radius 2 is 2.08 bits per heavy atom. The summed E-state index contributed by atoms with van der Waals surface area (Å²) in [5, 5.41) is 3.48. The van der Waals surface area contributed by atoms with Crippen LogP contribution in [0.1, 0.15) is 36.2 Å². The van der Waals surface area contributed by atoms with Crippen molar-refractivity contribution in [3.05, 3.63) is 53.4 Å². The standard InChI is InChI=1S/C20H27FN4.ClH/c1-15-3-4-17(21)11-16(15)13-25(14-19-23-9-10-24(19)2)18-12-20(18)5-7-22-8-6-20;/h3-4,9-11,18,22H,5-8,12-14H2,1-2H3;1H. The first-order chi connectivity index (χ1) is 12.1. The number of hydrogen-bond acceptors (Lipinski definition) is 3. The van der Waals surface area contributed by atoms with Gasteiger partial charge in [-0.15, -0.1) is 12.4 Å². The lowest BCUT2D eigenvalue weighted by atomic mass is 9.93. The zero-order valence-corrected chi connectivity index (χ0v) is 16.4. The third kappa shape index (κ3) is 3.80. The molecule has 1 unspecified atom stereocenters. The van der Waals surface area contributed by atoms with E-state index in [0.29, 0.717) is 11.5 Å². The van der Waals surface area contributed by atoms with E-state index in [1.807, 2.05) is 25.5 Å². The van der Waals surface area contributed by atoms with Gasteiger partial charge < -0.3 is 9.88 Å². The van der Waals surface area contributed by atoms with Crippen LogP contribution in [-0.4, -0.2) is 33.6 Å². The summed E-state index contributed by atoms with van der Waals surface area (Å²) >= 11 is 0. The summed E-state index contributed by atoms with van der Waals surface area (Å²) in [6.45, 7) is 5.91. The molecule has 1 N–H and O–H groups in total. The third-order valence-electron chi connectivity index (χ3n) is 6.14. The maximum atomic E-state index is 13.8. The first kappa shape index (κ1) is 19.3. The first-order valence-electron chi connectivity index (χ1n) is 9.23. The molecule has 2 aromatic rings. The fourth-order valence-electron chi connectivity index (χ4n) is 4.34. The van der Waals surface area contributed by atoms with E-state index in [1.54, 1.807) is 12.1 Å². The van der Waals surface area contributed by atoms with Gasteiger partial charge >= 0.3 is 0 Å². The van der Waals surface area contributed by atoms with Gasteiger partial charge in [-0.1, -0.05) is 6.07 Å². The van der Waals surface area contributed by atoms with Gasteiger partial charge in [-0.25, -0.2) is 9.37 Å². The second kappa shape index (κ2) is 7.67. The number of imidazole rings is 1. The molecule has 1 spiro atoms. The zero-order valence-electron chi connectivity index (χ0n) is 15.5. The summed E-state index contributed by atoms with van der Waals surface area (Å²) in [6.07, 6.45) is 7.60. The normalized spacial score (nSPS) is 21.0. The minimum Gasteiger partial charge on any atom is -0.337 e. The van der Waals surface area contributed by atoms with Crippen LogP contribution >= 0.6 is 12.4 Å². The van der Waals surface area contributed by atoms with E-state index >= 15 is 0 Å². The van der Waals surface area contributed by atoms with Gasteiger partial charge in [0.1, 0.15) is 11.6 Å².